The summed E-state index contributed by atoms with van der Waals surface area (Å²) in [6, 6.07) is 7.49. The predicted octanol–water partition coefficient (Wildman–Crippen LogP) is -0.155. The van der Waals surface area contributed by atoms with Crippen molar-refractivity contribution in [1.82, 2.24) is 18.7 Å². The number of hydrogen-bond donors (Lipinski definition) is 1. The molecule has 3 rings (SSSR count). The molecular weight excluding hydrogens is 370 g/mol. The number of halogens is 1. The van der Waals surface area contributed by atoms with E-state index in [9.17, 15) is 9.59 Å². The molecule has 27 heavy (non-hydrogen) atoms. The van der Waals surface area contributed by atoms with Gasteiger partial charge in [0.2, 0.25) is 0 Å². The minimum absolute atomic E-state index is 0.365. The Morgan fingerprint density at radius 3 is 2.63 bits per heavy atom. The van der Waals surface area contributed by atoms with Crippen LogP contribution in [0.1, 0.15) is 11.4 Å². The monoisotopic (exact) mass is 392 g/mol. The van der Waals surface area contributed by atoms with E-state index < -0.39 is 5.69 Å². The number of fused-ring (bicyclic) bond motifs is 1. The van der Waals surface area contributed by atoms with E-state index >= 15 is 0 Å². The predicted molar refractivity (Wildman–Crippen MR) is 103 cm³/mol. The number of quaternary nitrogens is 1. The Morgan fingerprint density at radius 1 is 1.19 bits per heavy atom. The van der Waals surface area contributed by atoms with Crippen LogP contribution >= 0.6 is 11.6 Å². The lowest BCUT2D eigenvalue weighted by Gasteiger charge is -2.10. The van der Waals surface area contributed by atoms with Crippen LogP contribution in [0.2, 0.25) is 5.02 Å². The van der Waals surface area contributed by atoms with Crippen LogP contribution in [-0.2, 0) is 31.9 Å². The topological polar surface area (TPSA) is 87.7 Å². The molecule has 0 fully saturated rings. The van der Waals surface area contributed by atoms with E-state index in [1.807, 2.05) is 28.8 Å². The van der Waals surface area contributed by atoms with Crippen molar-refractivity contribution in [3.8, 4) is 0 Å². The van der Waals surface area contributed by atoms with Gasteiger partial charge in [-0.2, -0.15) is 0 Å². The highest BCUT2D eigenvalue weighted by Crippen LogP contribution is 2.19. The Labute approximate surface area is 161 Å². The van der Waals surface area contributed by atoms with Gasteiger partial charge >= 0.3 is 5.69 Å². The summed E-state index contributed by atoms with van der Waals surface area (Å²) < 4.78 is 9.43. The zero-order valence-electron chi connectivity index (χ0n) is 15.6. The van der Waals surface area contributed by atoms with Crippen molar-refractivity contribution in [3.63, 3.8) is 0 Å². The lowest BCUT2D eigenvalue weighted by molar-refractivity contribution is -0.673. The number of aromatic nitrogens is 4. The smallest absolute Gasteiger partial charge is 0.332 e. The minimum atomic E-state index is -0.398. The molecule has 3 aromatic rings. The van der Waals surface area contributed by atoms with Crippen molar-refractivity contribution in [2.75, 3.05) is 20.3 Å². The summed E-state index contributed by atoms with van der Waals surface area (Å²) in [6.07, 6.45) is 0. The molecule has 2 N–H and O–H groups in total. The van der Waals surface area contributed by atoms with Crippen LogP contribution in [0.3, 0.4) is 0 Å². The molecule has 0 unspecified atom stereocenters. The van der Waals surface area contributed by atoms with Crippen molar-refractivity contribution in [2.45, 2.75) is 13.1 Å². The zero-order valence-corrected chi connectivity index (χ0v) is 16.4. The fourth-order valence-corrected chi connectivity index (χ4v) is 3.24. The summed E-state index contributed by atoms with van der Waals surface area (Å²) in [4.78, 5) is 29.7. The standard InChI is InChI=1S/C18H22ClN5O3/c1-22-16-15(17(25)23(2)18(22)26)24(11-12-6-4-5-7-13(12)19)14(21-16)10-20-8-9-27-3/h4-7,20H,8-11H2,1-3H3/p+1. The molecule has 9 heteroatoms. The van der Waals surface area contributed by atoms with Gasteiger partial charge in [-0.1, -0.05) is 29.8 Å². The van der Waals surface area contributed by atoms with Crippen LogP contribution in [0.15, 0.2) is 33.9 Å². The maximum atomic E-state index is 12.8. The van der Waals surface area contributed by atoms with Gasteiger partial charge in [0.05, 0.1) is 19.7 Å². The second-order valence-electron chi connectivity index (χ2n) is 6.36. The average molecular weight is 393 g/mol. The van der Waals surface area contributed by atoms with Gasteiger partial charge < -0.3 is 14.6 Å². The summed E-state index contributed by atoms with van der Waals surface area (Å²) in [7, 11) is 4.75. The van der Waals surface area contributed by atoms with Crippen LogP contribution in [0.4, 0.5) is 0 Å². The first-order chi connectivity index (χ1) is 13.0. The van der Waals surface area contributed by atoms with Crippen molar-refractivity contribution in [3.05, 3.63) is 61.5 Å². The number of aryl methyl sites for hydroxylation is 1. The SMILES string of the molecule is COCC[NH2+]Cc1nc2c(c(=O)n(C)c(=O)n2C)n1Cc1ccccc1Cl. The van der Waals surface area contributed by atoms with Crippen LogP contribution in [-0.4, -0.2) is 38.9 Å². The Hall–Kier alpha value is -2.42. The molecule has 0 aliphatic rings. The van der Waals surface area contributed by atoms with E-state index in [2.05, 4.69) is 10.3 Å². The quantitative estimate of drug-likeness (QED) is 0.566. The van der Waals surface area contributed by atoms with Crippen LogP contribution < -0.4 is 16.6 Å². The minimum Gasteiger partial charge on any atom is -0.379 e. The summed E-state index contributed by atoms with van der Waals surface area (Å²) in [5, 5.41) is 2.67. The molecule has 8 nitrogen and oxygen atoms in total. The highest BCUT2D eigenvalue weighted by atomic mass is 35.5. The molecule has 1 aromatic carbocycles. The van der Waals surface area contributed by atoms with Gasteiger partial charge in [0.1, 0.15) is 6.54 Å². The molecule has 2 aromatic heterocycles. The third kappa shape index (κ3) is 3.69. The summed E-state index contributed by atoms with van der Waals surface area (Å²) in [6.45, 7) is 2.34. The summed E-state index contributed by atoms with van der Waals surface area (Å²) in [5.41, 5.74) is 0.896. The fraction of sp³-hybridized carbons (Fsp3) is 0.389. The number of nitrogens with zero attached hydrogens (tertiary/aromatic N) is 4. The summed E-state index contributed by atoms with van der Waals surface area (Å²) >= 11 is 6.32. The van der Waals surface area contributed by atoms with Gasteiger partial charge in [-0.3, -0.25) is 13.9 Å². The molecule has 144 valence electrons. The molecular formula is C18H23ClN5O3+. The lowest BCUT2D eigenvalue weighted by Crippen LogP contribution is -2.83. The van der Waals surface area contributed by atoms with Crippen LogP contribution in [0.25, 0.3) is 11.2 Å². The Balaban J connectivity index is 2.16. The fourth-order valence-electron chi connectivity index (χ4n) is 3.05. The first-order valence-electron chi connectivity index (χ1n) is 8.64. The van der Waals surface area contributed by atoms with E-state index in [-0.39, 0.29) is 5.56 Å². The van der Waals surface area contributed by atoms with Crippen molar-refractivity contribution < 1.29 is 10.1 Å². The van der Waals surface area contributed by atoms with Gasteiger partial charge in [-0.15, -0.1) is 0 Å². The van der Waals surface area contributed by atoms with E-state index in [1.165, 1.54) is 11.6 Å². The first-order valence-corrected chi connectivity index (χ1v) is 9.02. The first kappa shape index (κ1) is 19.3. The second-order valence-corrected chi connectivity index (χ2v) is 6.77. The number of nitrogens with two attached hydrogens (primary N) is 1. The Kier molecular flexibility index (Phi) is 5.79. The van der Waals surface area contributed by atoms with Gasteiger partial charge in [0, 0.05) is 26.2 Å². The largest absolute Gasteiger partial charge is 0.379 e. The molecule has 0 bridgehead atoms. The molecule has 0 saturated carbocycles. The summed E-state index contributed by atoms with van der Waals surface area (Å²) in [5.74, 6) is 0.708. The number of hydrogen-bond acceptors (Lipinski definition) is 4. The number of rotatable bonds is 7. The second kappa shape index (κ2) is 8.08. The van der Waals surface area contributed by atoms with Crippen LogP contribution in [0, 0.1) is 0 Å². The molecule has 0 aliphatic carbocycles. The highest BCUT2D eigenvalue weighted by Gasteiger charge is 2.20. The van der Waals surface area contributed by atoms with E-state index in [0.717, 1.165) is 16.7 Å². The molecule has 2 heterocycles. The number of ether oxygens (including phenoxy) is 1. The van der Waals surface area contributed by atoms with E-state index in [4.69, 9.17) is 16.3 Å². The Morgan fingerprint density at radius 2 is 1.93 bits per heavy atom. The third-order valence-corrected chi connectivity index (χ3v) is 4.94. The third-order valence-electron chi connectivity index (χ3n) is 4.57. The highest BCUT2D eigenvalue weighted by molar-refractivity contribution is 6.31. The van der Waals surface area contributed by atoms with E-state index in [0.29, 0.717) is 41.7 Å². The lowest BCUT2D eigenvalue weighted by atomic mass is 10.2. The molecule has 0 radical (unpaired) electrons. The van der Waals surface area contributed by atoms with Gasteiger partial charge in [0.25, 0.3) is 5.56 Å². The molecule has 0 atom stereocenters. The average Bonchev–Trinajstić information content (AvgIpc) is 3.02. The normalized spacial score (nSPS) is 11.4. The Bertz CT molecular complexity index is 1080. The van der Waals surface area contributed by atoms with Gasteiger partial charge in [-0.05, 0) is 11.6 Å². The van der Waals surface area contributed by atoms with Crippen molar-refractivity contribution >= 4 is 22.8 Å². The maximum Gasteiger partial charge on any atom is 0.332 e. The van der Waals surface area contributed by atoms with Crippen LogP contribution in [0.5, 0.6) is 0 Å². The number of methoxy groups -OCH3 is 1. The molecule has 0 aliphatic heterocycles. The van der Waals surface area contributed by atoms with Crippen molar-refractivity contribution in [2.24, 2.45) is 14.1 Å². The van der Waals surface area contributed by atoms with Crippen molar-refractivity contribution in [1.29, 1.82) is 0 Å². The van der Waals surface area contributed by atoms with Gasteiger partial charge in [-0.25, -0.2) is 9.78 Å². The zero-order chi connectivity index (χ0) is 19.6. The molecule has 0 amide bonds. The molecule has 0 spiro atoms. The number of imidazole rings is 1. The maximum absolute atomic E-state index is 12.8. The molecule has 0 saturated heterocycles. The van der Waals surface area contributed by atoms with E-state index in [1.54, 1.807) is 14.2 Å². The number of benzene rings is 1. The van der Waals surface area contributed by atoms with Gasteiger partial charge in [0.15, 0.2) is 17.0 Å².